The number of para-hydroxylation sites is 1. The van der Waals surface area contributed by atoms with Crippen molar-refractivity contribution in [1.82, 2.24) is 19.4 Å². The minimum Gasteiger partial charge on any atom is -0.339 e. The van der Waals surface area contributed by atoms with Crippen molar-refractivity contribution in [1.29, 1.82) is 0 Å². The number of amides is 2. The number of nitrogens with one attached hydrogen (secondary N) is 1. The van der Waals surface area contributed by atoms with E-state index in [4.69, 9.17) is 0 Å². The van der Waals surface area contributed by atoms with Crippen LogP contribution in [0, 0.1) is 19.7 Å². The van der Waals surface area contributed by atoms with E-state index in [0.29, 0.717) is 43.6 Å². The fraction of sp³-hybridized carbons (Fsp3) is 0.320. The van der Waals surface area contributed by atoms with Crippen LogP contribution in [0.1, 0.15) is 11.1 Å². The third-order valence-corrected chi connectivity index (χ3v) is 6.81. The number of carbonyl (C=O) groups is 2. The van der Waals surface area contributed by atoms with E-state index in [0.717, 1.165) is 16.8 Å². The fourth-order valence-corrected chi connectivity index (χ4v) is 4.86. The number of anilines is 1. The average molecular weight is 482 g/mol. The molecule has 1 N–H and O–H groups in total. The van der Waals surface area contributed by atoms with Gasteiger partial charge in [0.05, 0.1) is 18.0 Å². The zero-order valence-electron chi connectivity index (χ0n) is 19.3. The molecule has 34 heavy (non-hydrogen) atoms. The van der Waals surface area contributed by atoms with Gasteiger partial charge in [0, 0.05) is 44.3 Å². The summed E-state index contributed by atoms with van der Waals surface area (Å²) in [6.07, 6.45) is 3.39. The molecule has 0 bridgehead atoms. The largest absolute Gasteiger partial charge is 0.339 e. The van der Waals surface area contributed by atoms with Crippen LogP contribution < -0.4 is 5.32 Å². The number of hydrogen-bond acceptors (Lipinski definition) is 5. The third kappa shape index (κ3) is 5.84. The van der Waals surface area contributed by atoms with E-state index in [2.05, 4.69) is 15.2 Å². The second kappa shape index (κ2) is 10.8. The number of hydrogen-bond donors (Lipinski definition) is 1. The summed E-state index contributed by atoms with van der Waals surface area (Å²) in [5.74, 6) is -0.0894. The van der Waals surface area contributed by atoms with Crippen LogP contribution in [-0.4, -0.2) is 69.6 Å². The zero-order valence-corrected chi connectivity index (χ0v) is 20.1. The highest BCUT2D eigenvalue weighted by atomic mass is 32.2. The van der Waals surface area contributed by atoms with E-state index in [1.165, 1.54) is 23.9 Å². The molecular formula is C25H28FN5O2S. The molecule has 2 amide bonds. The van der Waals surface area contributed by atoms with Gasteiger partial charge in [-0.05, 0) is 43.2 Å². The molecule has 0 atom stereocenters. The molecule has 1 fully saturated rings. The fourth-order valence-electron chi connectivity index (χ4n) is 3.99. The van der Waals surface area contributed by atoms with Crippen LogP contribution in [0.2, 0.25) is 0 Å². The SMILES string of the molecule is Cc1cccc(C)c1NC(=O)CN1CCN(C(=O)CSc2nccn2-c2cccc(F)c2)CC1. The number of rotatable bonds is 7. The predicted molar refractivity (Wildman–Crippen MR) is 132 cm³/mol. The number of halogens is 1. The zero-order chi connectivity index (χ0) is 24.1. The van der Waals surface area contributed by atoms with Gasteiger partial charge in [-0.1, -0.05) is 36.0 Å². The first-order valence-electron chi connectivity index (χ1n) is 11.2. The monoisotopic (exact) mass is 481 g/mol. The molecule has 2 heterocycles. The summed E-state index contributed by atoms with van der Waals surface area (Å²) in [6, 6.07) is 12.2. The number of thioether (sulfide) groups is 1. The highest BCUT2D eigenvalue weighted by molar-refractivity contribution is 7.99. The first-order chi connectivity index (χ1) is 16.4. The third-order valence-electron chi connectivity index (χ3n) is 5.86. The standard InChI is InChI=1S/C25H28FN5O2S/c1-18-5-3-6-19(2)24(18)28-22(32)16-29-11-13-30(14-12-29)23(33)17-34-25-27-9-10-31(25)21-8-4-7-20(26)15-21/h3-10,15H,11-14,16-17H2,1-2H3,(H,28,32). The van der Waals surface area contributed by atoms with Crippen molar-refractivity contribution >= 4 is 29.3 Å². The number of benzene rings is 2. The molecule has 2 aromatic carbocycles. The van der Waals surface area contributed by atoms with Gasteiger partial charge in [-0.3, -0.25) is 19.1 Å². The molecule has 0 saturated carbocycles. The minimum absolute atomic E-state index is 0.0263. The number of nitrogens with zero attached hydrogens (tertiary/aromatic N) is 4. The summed E-state index contributed by atoms with van der Waals surface area (Å²) < 4.78 is 15.3. The van der Waals surface area contributed by atoms with E-state index < -0.39 is 0 Å². The maximum atomic E-state index is 13.6. The Kier molecular flexibility index (Phi) is 7.64. The first kappa shape index (κ1) is 24.0. The molecule has 1 saturated heterocycles. The number of imidazole rings is 1. The molecule has 9 heteroatoms. The molecule has 3 aromatic rings. The highest BCUT2D eigenvalue weighted by Gasteiger charge is 2.23. The van der Waals surface area contributed by atoms with E-state index in [1.807, 2.05) is 36.9 Å². The smallest absolute Gasteiger partial charge is 0.238 e. The van der Waals surface area contributed by atoms with Gasteiger partial charge >= 0.3 is 0 Å². The van der Waals surface area contributed by atoms with Crippen molar-refractivity contribution < 1.29 is 14.0 Å². The van der Waals surface area contributed by atoms with Gasteiger partial charge in [0.25, 0.3) is 0 Å². The summed E-state index contributed by atoms with van der Waals surface area (Å²) in [5, 5.41) is 3.66. The lowest BCUT2D eigenvalue weighted by atomic mass is 10.1. The second-order valence-corrected chi connectivity index (χ2v) is 9.26. The quantitative estimate of drug-likeness (QED) is 0.523. The van der Waals surface area contributed by atoms with E-state index in [1.54, 1.807) is 29.1 Å². The van der Waals surface area contributed by atoms with Crippen LogP contribution in [0.15, 0.2) is 60.0 Å². The summed E-state index contributed by atoms with van der Waals surface area (Å²) in [4.78, 5) is 33.5. The van der Waals surface area contributed by atoms with Crippen LogP contribution >= 0.6 is 11.8 Å². The maximum Gasteiger partial charge on any atom is 0.238 e. The number of aryl methyl sites for hydroxylation is 2. The molecule has 1 aliphatic heterocycles. The van der Waals surface area contributed by atoms with E-state index in [9.17, 15) is 14.0 Å². The van der Waals surface area contributed by atoms with Gasteiger partial charge in [0.15, 0.2) is 5.16 Å². The van der Waals surface area contributed by atoms with Crippen molar-refractivity contribution in [2.75, 3.05) is 43.8 Å². The van der Waals surface area contributed by atoms with Gasteiger partial charge in [-0.15, -0.1) is 0 Å². The van der Waals surface area contributed by atoms with Gasteiger partial charge in [0.2, 0.25) is 11.8 Å². The number of aromatic nitrogens is 2. The summed E-state index contributed by atoms with van der Waals surface area (Å²) in [6.45, 7) is 6.71. The predicted octanol–water partition coefficient (Wildman–Crippen LogP) is 3.50. The molecule has 1 aromatic heterocycles. The van der Waals surface area contributed by atoms with Gasteiger partial charge in [0.1, 0.15) is 5.82 Å². The summed E-state index contributed by atoms with van der Waals surface area (Å²) in [7, 11) is 0. The second-order valence-electron chi connectivity index (χ2n) is 8.32. The Labute approximate surface area is 203 Å². The normalized spacial score (nSPS) is 14.3. The molecule has 1 aliphatic rings. The number of carbonyl (C=O) groups excluding carboxylic acids is 2. The lowest BCUT2D eigenvalue weighted by molar-refractivity contribution is -0.130. The number of piperazine rings is 1. The lowest BCUT2D eigenvalue weighted by Crippen LogP contribution is -2.51. The molecule has 4 rings (SSSR count). The summed E-state index contributed by atoms with van der Waals surface area (Å²) >= 11 is 1.33. The van der Waals surface area contributed by atoms with Crippen molar-refractivity contribution in [2.45, 2.75) is 19.0 Å². The molecule has 0 aliphatic carbocycles. The van der Waals surface area contributed by atoms with Crippen molar-refractivity contribution in [3.8, 4) is 5.69 Å². The van der Waals surface area contributed by atoms with Crippen LogP contribution in [0.3, 0.4) is 0 Å². The Morgan fingerprint density at radius 2 is 1.76 bits per heavy atom. The van der Waals surface area contributed by atoms with Crippen LogP contribution in [-0.2, 0) is 9.59 Å². The Hall–Kier alpha value is -3.17. The van der Waals surface area contributed by atoms with Crippen molar-refractivity contribution in [2.24, 2.45) is 0 Å². The van der Waals surface area contributed by atoms with Gasteiger partial charge in [-0.25, -0.2) is 9.37 Å². The van der Waals surface area contributed by atoms with Crippen LogP contribution in [0.4, 0.5) is 10.1 Å². The Morgan fingerprint density at radius 1 is 1.06 bits per heavy atom. The molecule has 0 radical (unpaired) electrons. The molecule has 178 valence electrons. The topological polar surface area (TPSA) is 70.5 Å². The molecule has 7 nitrogen and oxygen atoms in total. The minimum atomic E-state index is -0.321. The van der Waals surface area contributed by atoms with E-state index >= 15 is 0 Å². The van der Waals surface area contributed by atoms with Crippen molar-refractivity contribution in [3.05, 3.63) is 71.8 Å². The van der Waals surface area contributed by atoms with E-state index in [-0.39, 0.29) is 23.4 Å². The molecule has 0 spiro atoms. The molecular weight excluding hydrogens is 453 g/mol. The lowest BCUT2D eigenvalue weighted by Gasteiger charge is -2.34. The Bertz CT molecular complexity index is 1150. The maximum absolute atomic E-state index is 13.6. The first-order valence-corrected chi connectivity index (χ1v) is 12.2. The van der Waals surface area contributed by atoms with Crippen LogP contribution in [0.5, 0.6) is 0 Å². The van der Waals surface area contributed by atoms with Gasteiger partial charge in [-0.2, -0.15) is 0 Å². The highest BCUT2D eigenvalue weighted by Crippen LogP contribution is 2.22. The average Bonchev–Trinajstić information content (AvgIpc) is 3.29. The Balaban J connectivity index is 1.25. The van der Waals surface area contributed by atoms with Crippen LogP contribution in [0.25, 0.3) is 5.69 Å². The van der Waals surface area contributed by atoms with Gasteiger partial charge < -0.3 is 10.2 Å². The Morgan fingerprint density at radius 3 is 2.47 bits per heavy atom. The molecule has 0 unspecified atom stereocenters. The summed E-state index contributed by atoms with van der Waals surface area (Å²) in [5.41, 5.74) is 3.62. The van der Waals surface area contributed by atoms with Crippen molar-refractivity contribution in [3.63, 3.8) is 0 Å².